The van der Waals surface area contributed by atoms with Crippen LogP contribution in [0.4, 0.5) is 0 Å². The number of aliphatic hydroxyl groups excluding tert-OH is 3. The average molecular weight is 411 g/mol. The summed E-state index contributed by atoms with van der Waals surface area (Å²) in [5.74, 6) is 0. The minimum Gasteiger partial charge on any atom is -0.394 e. The molecule has 0 unspecified atom stereocenters. The third-order valence-corrected chi connectivity index (χ3v) is 5.80. The molecule has 142 valence electrons. The van der Waals surface area contributed by atoms with E-state index < -0.39 is 42.4 Å². The minimum absolute atomic E-state index is 0.275. The molecule has 8 nitrogen and oxygen atoms in total. The maximum absolute atomic E-state index is 12.6. The number of hydrogen-bond donors (Lipinski definition) is 4. The van der Waals surface area contributed by atoms with E-state index in [9.17, 15) is 24.9 Å². The number of aromatic nitrogens is 2. The number of aromatic amines is 1. The first-order valence-corrected chi connectivity index (χ1v) is 9.32. The molecule has 0 aliphatic carbocycles. The molecule has 1 aliphatic rings. The Hall–Kier alpha value is -2.01. The second-order valence-corrected chi connectivity index (χ2v) is 7.51. The largest absolute Gasteiger partial charge is 0.394 e. The van der Waals surface area contributed by atoms with Gasteiger partial charge in [-0.25, -0.2) is 4.79 Å². The average Bonchev–Trinajstić information content (AvgIpc) is 3.20. The van der Waals surface area contributed by atoms with Gasteiger partial charge in [-0.15, -0.1) is 11.3 Å². The Kier molecular flexibility index (Phi) is 4.66. The summed E-state index contributed by atoms with van der Waals surface area (Å²) in [6.07, 6.45) is -5.13. The van der Waals surface area contributed by atoms with Crippen LogP contribution in [0.3, 0.4) is 0 Å². The number of H-pyrrole nitrogens is 1. The molecule has 27 heavy (non-hydrogen) atoms. The Balaban J connectivity index is 1.98. The topological polar surface area (TPSA) is 125 Å². The lowest BCUT2D eigenvalue weighted by Crippen LogP contribution is -2.38. The molecular formula is C17H15ClN2O6S. The van der Waals surface area contributed by atoms with Crippen molar-refractivity contribution in [1.82, 2.24) is 9.55 Å². The lowest BCUT2D eigenvalue weighted by atomic mass is 10.1. The molecule has 0 spiro atoms. The second kappa shape index (κ2) is 6.86. The Morgan fingerprint density at radius 1 is 1.19 bits per heavy atom. The van der Waals surface area contributed by atoms with Crippen molar-refractivity contribution in [1.29, 1.82) is 0 Å². The monoisotopic (exact) mass is 410 g/mol. The lowest BCUT2D eigenvalue weighted by Gasteiger charge is -2.19. The molecule has 0 radical (unpaired) electrons. The van der Waals surface area contributed by atoms with Gasteiger partial charge in [0, 0.05) is 16.0 Å². The number of hydrogen-bond acceptors (Lipinski definition) is 7. The summed E-state index contributed by atoms with van der Waals surface area (Å²) >= 11 is 7.08. The first-order chi connectivity index (χ1) is 12.9. The minimum atomic E-state index is -1.45. The predicted molar refractivity (Wildman–Crippen MR) is 100 cm³/mol. The Labute approximate surface area is 160 Å². The van der Waals surface area contributed by atoms with E-state index in [4.69, 9.17) is 16.3 Å². The number of fused-ring (bicyclic) bond motifs is 1. The highest BCUT2D eigenvalue weighted by molar-refractivity contribution is 7.17. The van der Waals surface area contributed by atoms with Crippen LogP contribution in [0.5, 0.6) is 0 Å². The van der Waals surface area contributed by atoms with E-state index in [0.29, 0.717) is 10.6 Å². The van der Waals surface area contributed by atoms with Gasteiger partial charge < -0.3 is 20.1 Å². The first kappa shape index (κ1) is 18.4. The number of rotatable bonds is 3. The van der Waals surface area contributed by atoms with Gasteiger partial charge in [-0.05, 0) is 17.7 Å². The van der Waals surface area contributed by atoms with Crippen molar-refractivity contribution in [2.24, 2.45) is 0 Å². The molecular weight excluding hydrogens is 396 g/mol. The van der Waals surface area contributed by atoms with Crippen molar-refractivity contribution in [3.63, 3.8) is 0 Å². The zero-order valence-corrected chi connectivity index (χ0v) is 15.3. The van der Waals surface area contributed by atoms with E-state index in [-0.39, 0.29) is 10.2 Å². The van der Waals surface area contributed by atoms with E-state index in [1.54, 1.807) is 29.6 Å². The molecule has 3 heterocycles. The Bertz CT molecular complexity index is 1110. The van der Waals surface area contributed by atoms with Gasteiger partial charge in [0.25, 0.3) is 5.56 Å². The number of halogens is 1. The number of nitrogens with zero attached hydrogens (tertiary/aromatic N) is 1. The van der Waals surface area contributed by atoms with Gasteiger partial charge in [-0.3, -0.25) is 14.3 Å². The van der Waals surface area contributed by atoms with Gasteiger partial charge in [-0.2, -0.15) is 0 Å². The molecule has 1 fully saturated rings. The van der Waals surface area contributed by atoms with Crippen LogP contribution in [-0.4, -0.2) is 49.8 Å². The van der Waals surface area contributed by atoms with Crippen LogP contribution in [0.2, 0.25) is 5.02 Å². The lowest BCUT2D eigenvalue weighted by molar-refractivity contribution is -0.0527. The molecule has 10 heteroatoms. The zero-order chi connectivity index (χ0) is 19.3. The quantitative estimate of drug-likeness (QED) is 0.503. The number of benzene rings is 1. The van der Waals surface area contributed by atoms with Crippen LogP contribution < -0.4 is 11.2 Å². The third kappa shape index (κ3) is 2.92. The van der Waals surface area contributed by atoms with Crippen molar-refractivity contribution >= 4 is 33.2 Å². The number of thiophene rings is 1. The van der Waals surface area contributed by atoms with E-state index >= 15 is 0 Å². The molecule has 1 aromatic carbocycles. The molecule has 4 atom stereocenters. The van der Waals surface area contributed by atoms with Crippen molar-refractivity contribution < 1.29 is 20.1 Å². The van der Waals surface area contributed by atoms with Gasteiger partial charge in [0.1, 0.15) is 23.0 Å². The van der Waals surface area contributed by atoms with Crippen LogP contribution in [0.25, 0.3) is 21.3 Å². The van der Waals surface area contributed by atoms with E-state index in [1.807, 2.05) is 0 Å². The second-order valence-electron chi connectivity index (χ2n) is 6.19. The van der Waals surface area contributed by atoms with E-state index in [0.717, 1.165) is 21.5 Å². The van der Waals surface area contributed by atoms with E-state index in [1.165, 1.54) is 0 Å². The third-order valence-electron chi connectivity index (χ3n) is 4.58. The number of aliphatic hydroxyl groups is 3. The first-order valence-electron chi connectivity index (χ1n) is 8.06. The molecule has 4 N–H and O–H groups in total. The summed E-state index contributed by atoms with van der Waals surface area (Å²) in [5, 5.41) is 32.0. The summed E-state index contributed by atoms with van der Waals surface area (Å²) in [6, 6.07) is 6.86. The van der Waals surface area contributed by atoms with Gasteiger partial charge in [-0.1, -0.05) is 23.7 Å². The van der Waals surface area contributed by atoms with Crippen molar-refractivity contribution in [2.45, 2.75) is 24.5 Å². The predicted octanol–water partition coefficient (Wildman–Crippen LogP) is 0.683. The number of ether oxygens (including phenoxy) is 1. The maximum Gasteiger partial charge on any atom is 0.331 e. The Morgan fingerprint density at radius 3 is 2.52 bits per heavy atom. The molecule has 0 amide bonds. The fraction of sp³-hybridized carbons (Fsp3) is 0.294. The molecule has 4 rings (SSSR count). The summed E-state index contributed by atoms with van der Waals surface area (Å²) in [4.78, 5) is 27.0. The van der Waals surface area contributed by atoms with Gasteiger partial charge in [0.05, 0.1) is 12.1 Å². The zero-order valence-electron chi connectivity index (χ0n) is 13.7. The van der Waals surface area contributed by atoms with Gasteiger partial charge in [0.15, 0.2) is 6.23 Å². The summed E-state index contributed by atoms with van der Waals surface area (Å²) in [7, 11) is 0. The summed E-state index contributed by atoms with van der Waals surface area (Å²) < 4.78 is 6.89. The van der Waals surface area contributed by atoms with E-state index in [2.05, 4.69) is 4.98 Å². The van der Waals surface area contributed by atoms with Gasteiger partial charge in [0.2, 0.25) is 0 Å². The molecule has 1 saturated heterocycles. The fourth-order valence-electron chi connectivity index (χ4n) is 3.24. The highest BCUT2D eigenvalue weighted by atomic mass is 35.5. The summed E-state index contributed by atoms with van der Waals surface area (Å²) in [5.41, 5.74) is 0.258. The van der Waals surface area contributed by atoms with Crippen molar-refractivity contribution in [2.75, 3.05) is 6.61 Å². The van der Waals surface area contributed by atoms with Crippen molar-refractivity contribution in [3.05, 3.63) is 55.5 Å². The Morgan fingerprint density at radius 2 is 1.89 bits per heavy atom. The maximum atomic E-state index is 12.6. The smallest absolute Gasteiger partial charge is 0.331 e. The van der Waals surface area contributed by atoms with Crippen LogP contribution >= 0.6 is 22.9 Å². The number of nitrogens with one attached hydrogen (secondary N) is 1. The molecule has 1 aliphatic heterocycles. The highest BCUT2D eigenvalue weighted by Gasteiger charge is 2.44. The standard InChI is InChI=1S/C17H15ClN2O6S/c18-8-3-1-7(2-4-8)9-6-27-14-11(9)20(17(25)19-15(14)24)16-13(23)12(22)10(5-21)26-16/h1-4,6,10,12-13,16,21-23H,5H2,(H,19,24,25)/t10-,12-,13-,16-/m1/s1. The van der Waals surface area contributed by atoms with Gasteiger partial charge >= 0.3 is 5.69 Å². The van der Waals surface area contributed by atoms with Crippen LogP contribution in [-0.2, 0) is 4.74 Å². The normalized spacial score (nSPS) is 25.3. The highest BCUT2D eigenvalue weighted by Crippen LogP contribution is 2.36. The molecule has 0 saturated carbocycles. The molecule has 3 aromatic rings. The SMILES string of the molecule is O=c1[nH]c(=O)n([C@@H]2O[C@H](CO)[C@@H](O)[C@H]2O)c2c(-c3ccc(Cl)cc3)csc12. The van der Waals surface area contributed by atoms with Crippen LogP contribution in [0, 0.1) is 0 Å². The molecule has 0 bridgehead atoms. The van der Waals surface area contributed by atoms with Crippen LogP contribution in [0.15, 0.2) is 39.2 Å². The molecule has 2 aromatic heterocycles. The fourth-order valence-corrected chi connectivity index (χ4v) is 4.33. The van der Waals surface area contributed by atoms with Crippen molar-refractivity contribution in [3.8, 4) is 11.1 Å². The van der Waals surface area contributed by atoms with Crippen LogP contribution in [0.1, 0.15) is 6.23 Å². The summed E-state index contributed by atoms with van der Waals surface area (Å²) in [6.45, 7) is -0.524.